The predicted molar refractivity (Wildman–Crippen MR) is 195 cm³/mol. The zero-order valence-electron chi connectivity index (χ0n) is 28.7. The van der Waals surface area contributed by atoms with E-state index in [0.717, 1.165) is 59.7 Å². The fourth-order valence-corrected chi connectivity index (χ4v) is 7.81. The summed E-state index contributed by atoms with van der Waals surface area (Å²) >= 11 is 0. The SMILES string of the molecule is CCCc1cc(Oc2ccc3c4ccccc4n(-c4cc(C)ccn4)c3c2)cc(-n2nc(CC)c(C3C(C)=CCC[C@@H]3C)c2CC)c1. The number of rotatable bonds is 9. The van der Waals surface area contributed by atoms with Gasteiger partial charge in [0, 0.05) is 46.3 Å². The summed E-state index contributed by atoms with van der Waals surface area (Å²) in [4.78, 5) is 4.76. The van der Waals surface area contributed by atoms with Crippen LogP contribution in [0.3, 0.4) is 0 Å². The highest BCUT2D eigenvalue weighted by atomic mass is 16.5. The summed E-state index contributed by atoms with van der Waals surface area (Å²) < 4.78 is 11.2. The van der Waals surface area contributed by atoms with Gasteiger partial charge in [-0.05, 0) is 105 Å². The van der Waals surface area contributed by atoms with E-state index in [-0.39, 0.29) is 0 Å². The Balaban J connectivity index is 1.34. The third kappa shape index (κ3) is 5.66. The van der Waals surface area contributed by atoms with Crippen molar-refractivity contribution in [2.75, 3.05) is 0 Å². The minimum Gasteiger partial charge on any atom is -0.457 e. The molecular weight excluding hydrogens is 576 g/mol. The van der Waals surface area contributed by atoms with Crippen molar-refractivity contribution in [2.45, 2.75) is 86.0 Å². The molecule has 47 heavy (non-hydrogen) atoms. The number of aromatic nitrogens is 4. The van der Waals surface area contributed by atoms with E-state index in [1.165, 1.54) is 57.3 Å². The summed E-state index contributed by atoms with van der Waals surface area (Å²) in [5.41, 5.74) is 11.2. The molecule has 5 heteroatoms. The second-order valence-corrected chi connectivity index (χ2v) is 13.3. The Morgan fingerprint density at radius 2 is 1.68 bits per heavy atom. The number of pyridine rings is 1. The van der Waals surface area contributed by atoms with Crippen molar-refractivity contribution in [2.24, 2.45) is 5.92 Å². The van der Waals surface area contributed by atoms with Gasteiger partial charge in [-0.3, -0.25) is 4.57 Å². The van der Waals surface area contributed by atoms with E-state index >= 15 is 0 Å². The zero-order valence-corrected chi connectivity index (χ0v) is 28.7. The molecule has 1 unspecified atom stereocenters. The molecule has 0 saturated carbocycles. The molecule has 0 amide bonds. The molecule has 1 aliphatic carbocycles. The highest BCUT2D eigenvalue weighted by Crippen LogP contribution is 2.42. The molecule has 3 aromatic heterocycles. The molecule has 0 fully saturated rings. The number of fused-ring (bicyclic) bond motifs is 3. The van der Waals surface area contributed by atoms with Gasteiger partial charge >= 0.3 is 0 Å². The molecular formula is C42H46N4O. The molecule has 6 aromatic rings. The number of para-hydroxylation sites is 1. The van der Waals surface area contributed by atoms with Crippen molar-refractivity contribution >= 4 is 21.8 Å². The first-order valence-corrected chi connectivity index (χ1v) is 17.5. The minimum absolute atomic E-state index is 0.429. The van der Waals surface area contributed by atoms with Gasteiger partial charge < -0.3 is 4.74 Å². The van der Waals surface area contributed by atoms with Gasteiger partial charge in [0.05, 0.1) is 22.4 Å². The normalized spacial score (nSPS) is 16.6. The number of ether oxygens (including phenoxy) is 1. The van der Waals surface area contributed by atoms with Gasteiger partial charge in [-0.2, -0.15) is 5.10 Å². The Morgan fingerprint density at radius 3 is 2.45 bits per heavy atom. The summed E-state index contributed by atoms with van der Waals surface area (Å²) in [6, 6.07) is 25.8. The number of allylic oxidation sites excluding steroid dienone is 2. The zero-order chi connectivity index (χ0) is 32.7. The predicted octanol–water partition coefficient (Wildman–Crippen LogP) is 11.0. The van der Waals surface area contributed by atoms with Crippen LogP contribution in [0.4, 0.5) is 0 Å². The summed E-state index contributed by atoms with van der Waals surface area (Å²) in [5.74, 6) is 3.58. The first-order chi connectivity index (χ1) is 22.9. The lowest BCUT2D eigenvalue weighted by Crippen LogP contribution is -2.17. The van der Waals surface area contributed by atoms with Gasteiger partial charge in [0.1, 0.15) is 17.3 Å². The maximum atomic E-state index is 6.75. The first-order valence-electron chi connectivity index (χ1n) is 17.5. The fourth-order valence-electron chi connectivity index (χ4n) is 7.81. The lowest BCUT2D eigenvalue weighted by Gasteiger charge is -2.30. The Labute approximate surface area is 278 Å². The Bertz CT molecular complexity index is 2110. The van der Waals surface area contributed by atoms with Crippen molar-refractivity contribution in [3.8, 4) is 23.0 Å². The molecule has 0 saturated heterocycles. The van der Waals surface area contributed by atoms with Crippen LogP contribution in [0.1, 0.15) is 87.9 Å². The topological polar surface area (TPSA) is 44.9 Å². The molecule has 2 atom stereocenters. The van der Waals surface area contributed by atoms with Gasteiger partial charge in [-0.25, -0.2) is 9.67 Å². The van der Waals surface area contributed by atoms with E-state index in [1.54, 1.807) is 0 Å². The van der Waals surface area contributed by atoms with Gasteiger partial charge in [-0.1, -0.05) is 64.0 Å². The van der Waals surface area contributed by atoms with Crippen LogP contribution < -0.4 is 4.74 Å². The number of hydrogen-bond acceptors (Lipinski definition) is 3. The van der Waals surface area contributed by atoms with Crippen LogP contribution >= 0.6 is 0 Å². The average molecular weight is 623 g/mol. The number of nitrogens with zero attached hydrogens (tertiary/aromatic N) is 4. The van der Waals surface area contributed by atoms with Crippen LogP contribution in [0.15, 0.2) is 90.6 Å². The number of hydrogen-bond donors (Lipinski definition) is 0. The van der Waals surface area contributed by atoms with E-state index < -0.39 is 0 Å². The highest BCUT2D eigenvalue weighted by Gasteiger charge is 2.31. The van der Waals surface area contributed by atoms with Crippen LogP contribution in [0.2, 0.25) is 0 Å². The molecule has 5 nitrogen and oxygen atoms in total. The largest absolute Gasteiger partial charge is 0.457 e. The van der Waals surface area contributed by atoms with Crippen LogP contribution in [0.25, 0.3) is 33.3 Å². The van der Waals surface area contributed by atoms with E-state index in [2.05, 4.69) is 124 Å². The maximum absolute atomic E-state index is 6.75. The van der Waals surface area contributed by atoms with Crippen molar-refractivity contribution in [3.63, 3.8) is 0 Å². The summed E-state index contributed by atoms with van der Waals surface area (Å²) in [6.45, 7) is 13.6. The van der Waals surface area contributed by atoms with Crippen LogP contribution in [-0.4, -0.2) is 19.3 Å². The average Bonchev–Trinajstić information content (AvgIpc) is 3.60. The van der Waals surface area contributed by atoms with Crippen LogP contribution in [0, 0.1) is 12.8 Å². The summed E-state index contributed by atoms with van der Waals surface area (Å²) in [7, 11) is 0. The van der Waals surface area contributed by atoms with Crippen LogP contribution in [-0.2, 0) is 19.3 Å². The minimum atomic E-state index is 0.429. The molecule has 0 spiro atoms. The van der Waals surface area contributed by atoms with E-state index in [1.807, 2.05) is 12.3 Å². The highest BCUT2D eigenvalue weighted by molar-refractivity contribution is 6.09. The summed E-state index contributed by atoms with van der Waals surface area (Å²) in [6.07, 6.45) is 10.6. The van der Waals surface area contributed by atoms with E-state index in [4.69, 9.17) is 14.8 Å². The maximum Gasteiger partial charge on any atom is 0.137 e. The van der Waals surface area contributed by atoms with E-state index in [9.17, 15) is 0 Å². The molecule has 240 valence electrons. The third-order valence-electron chi connectivity index (χ3n) is 9.97. The molecule has 0 aliphatic heterocycles. The van der Waals surface area contributed by atoms with Gasteiger partial charge in [0.25, 0.3) is 0 Å². The quantitative estimate of drug-likeness (QED) is 0.151. The van der Waals surface area contributed by atoms with Crippen LogP contribution in [0.5, 0.6) is 11.5 Å². The second kappa shape index (κ2) is 12.9. The first kappa shape index (κ1) is 31.0. The van der Waals surface area contributed by atoms with Crippen molar-refractivity contribution in [1.82, 2.24) is 19.3 Å². The molecule has 7 rings (SSSR count). The van der Waals surface area contributed by atoms with Crippen molar-refractivity contribution < 1.29 is 4.74 Å². The lowest BCUT2D eigenvalue weighted by molar-refractivity contribution is 0.446. The standard InChI is InChI=1S/C42H46N4O/c1-7-13-30-23-31(46-37(9-3)42(36(8-2)44-46)41-28(5)14-12-15-29(41)6)25-33(24-30)47-32-18-19-35-34-16-10-11-17-38(34)45(39(35)26-32)40-22-27(4)20-21-43-40/h10-11,14,16-26,29,41H,7-9,12-13,15H2,1-6H3/t29-,41?/m0/s1. The molecule has 0 N–H and O–H groups in total. The summed E-state index contributed by atoms with van der Waals surface area (Å²) in [5, 5.41) is 7.69. The Morgan fingerprint density at radius 1 is 0.851 bits per heavy atom. The Hall–Kier alpha value is -4.64. The Kier molecular flexibility index (Phi) is 8.48. The van der Waals surface area contributed by atoms with Crippen molar-refractivity contribution in [3.05, 3.63) is 119 Å². The second-order valence-electron chi connectivity index (χ2n) is 13.3. The fraction of sp³-hybridized carbons (Fsp3) is 0.333. The molecule has 0 radical (unpaired) electrons. The number of aryl methyl sites for hydroxylation is 3. The number of benzene rings is 3. The third-order valence-corrected chi connectivity index (χ3v) is 9.97. The van der Waals surface area contributed by atoms with Gasteiger partial charge in [-0.15, -0.1) is 0 Å². The molecule has 3 aromatic carbocycles. The van der Waals surface area contributed by atoms with Crippen molar-refractivity contribution in [1.29, 1.82) is 0 Å². The molecule has 1 aliphatic rings. The van der Waals surface area contributed by atoms with E-state index in [0.29, 0.717) is 11.8 Å². The lowest BCUT2D eigenvalue weighted by atomic mass is 9.74. The van der Waals surface area contributed by atoms with Gasteiger partial charge in [0.15, 0.2) is 0 Å². The smallest absolute Gasteiger partial charge is 0.137 e. The van der Waals surface area contributed by atoms with Gasteiger partial charge in [0.2, 0.25) is 0 Å². The monoisotopic (exact) mass is 622 g/mol. The molecule has 0 bridgehead atoms. The molecule has 3 heterocycles.